The summed E-state index contributed by atoms with van der Waals surface area (Å²) in [7, 11) is -7.28. The van der Waals surface area contributed by atoms with Crippen molar-refractivity contribution in [1.29, 1.82) is 0 Å². The van der Waals surface area contributed by atoms with Gasteiger partial charge in [-0.3, -0.25) is 9.10 Å². The smallest absolute Gasteiger partial charge is 0.245 e. The number of hydrogen-bond acceptors (Lipinski definition) is 5. The highest BCUT2D eigenvalue weighted by Gasteiger charge is 2.23. The minimum Gasteiger partial charge on any atom is -0.325 e. The molecule has 8 nitrogen and oxygen atoms in total. The Kier molecular flexibility index (Phi) is 7.85. The lowest BCUT2D eigenvalue weighted by Crippen LogP contribution is -2.37. The van der Waals surface area contributed by atoms with Crippen molar-refractivity contribution in [1.82, 2.24) is 4.31 Å². The van der Waals surface area contributed by atoms with Crippen LogP contribution in [-0.2, 0) is 24.8 Å². The Labute approximate surface area is 185 Å². The van der Waals surface area contributed by atoms with Gasteiger partial charge in [0.25, 0.3) is 0 Å². The van der Waals surface area contributed by atoms with Gasteiger partial charge in [0.1, 0.15) is 6.54 Å². The van der Waals surface area contributed by atoms with E-state index in [1.54, 1.807) is 32.0 Å². The minimum atomic E-state index is -3.69. The van der Waals surface area contributed by atoms with Gasteiger partial charge in [-0.2, -0.15) is 4.31 Å². The molecule has 1 amide bonds. The predicted octanol–water partition coefficient (Wildman–Crippen LogP) is 2.74. The van der Waals surface area contributed by atoms with Crippen LogP contribution in [0.2, 0.25) is 0 Å². The number of carbonyl (C=O) groups excluding carboxylic acids is 1. The summed E-state index contributed by atoms with van der Waals surface area (Å²) in [4.78, 5) is 12.7. The Balaban J connectivity index is 2.19. The van der Waals surface area contributed by atoms with E-state index in [1.807, 2.05) is 13.8 Å². The van der Waals surface area contributed by atoms with Gasteiger partial charge < -0.3 is 5.32 Å². The number of nitrogens with one attached hydrogen (secondary N) is 1. The molecule has 1 N–H and O–H groups in total. The number of benzene rings is 2. The molecule has 0 radical (unpaired) electrons. The summed E-state index contributed by atoms with van der Waals surface area (Å²) in [5.74, 6) is -0.539. The molecule has 0 heterocycles. The normalized spacial score (nSPS) is 12.1. The molecule has 0 saturated carbocycles. The Morgan fingerprint density at radius 2 is 1.48 bits per heavy atom. The molecule has 0 aliphatic rings. The van der Waals surface area contributed by atoms with E-state index < -0.39 is 32.5 Å². The Morgan fingerprint density at radius 1 is 0.903 bits per heavy atom. The molecule has 0 saturated heterocycles. The lowest BCUT2D eigenvalue weighted by Gasteiger charge is -2.23. The number of sulfonamides is 2. The summed E-state index contributed by atoms with van der Waals surface area (Å²) >= 11 is 0. The third-order valence-corrected chi connectivity index (χ3v) is 8.15. The van der Waals surface area contributed by atoms with Crippen molar-refractivity contribution in [2.75, 3.05) is 35.5 Å². The molecule has 0 aliphatic heterocycles. The molecular formula is C21H29N3O5S2. The van der Waals surface area contributed by atoms with Crippen LogP contribution in [0.4, 0.5) is 11.4 Å². The Bertz CT molecular complexity index is 1140. The zero-order valence-corrected chi connectivity index (χ0v) is 20.0. The molecule has 0 spiro atoms. The summed E-state index contributed by atoms with van der Waals surface area (Å²) in [6.45, 7) is 7.63. The third kappa shape index (κ3) is 6.05. The monoisotopic (exact) mass is 467 g/mol. The fraction of sp³-hybridized carbons (Fsp3) is 0.381. The summed E-state index contributed by atoms with van der Waals surface area (Å²) in [6.07, 6.45) is 1.04. The van der Waals surface area contributed by atoms with E-state index in [9.17, 15) is 21.6 Å². The SMILES string of the molecule is CCN(CC)S(=O)(=O)c1ccc(NC(=O)CN(c2ccc(C)c(C)c2)S(C)(=O)=O)cc1. The molecular weight excluding hydrogens is 438 g/mol. The van der Waals surface area contributed by atoms with E-state index in [1.165, 1.54) is 28.6 Å². The van der Waals surface area contributed by atoms with E-state index in [0.29, 0.717) is 24.5 Å². The third-order valence-electron chi connectivity index (χ3n) is 4.95. The number of carbonyl (C=O) groups is 1. The fourth-order valence-electron chi connectivity index (χ4n) is 3.03. The fourth-order valence-corrected chi connectivity index (χ4v) is 5.34. The van der Waals surface area contributed by atoms with E-state index >= 15 is 0 Å². The van der Waals surface area contributed by atoms with Crippen molar-refractivity contribution in [3.05, 3.63) is 53.6 Å². The molecule has 0 aromatic heterocycles. The summed E-state index contributed by atoms with van der Waals surface area (Å²) in [6, 6.07) is 11.0. The topological polar surface area (TPSA) is 104 Å². The van der Waals surface area contributed by atoms with Crippen LogP contribution in [0.5, 0.6) is 0 Å². The zero-order chi connectivity index (χ0) is 23.4. The molecule has 10 heteroatoms. The van der Waals surface area contributed by atoms with Gasteiger partial charge >= 0.3 is 0 Å². The van der Waals surface area contributed by atoms with E-state index in [0.717, 1.165) is 21.7 Å². The van der Waals surface area contributed by atoms with Crippen LogP contribution >= 0.6 is 0 Å². The number of amides is 1. The van der Waals surface area contributed by atoms with E-state index in [4.69, 9.17) is 0 Å². The second-order valence-electron chi connectivity index (χ2n) is 7.20. The van der Waals surface area contributed by atoms with Crippen LogP contribution in [0.3, 0.4) is 0 Å². The van der Waals surface area contributed by atoms with Gasteiger partial charge in [0.2, 0.25) is 26.0 Å². The van der Waals surface area contributed by atoms with Crippen LogP contribution in [0.25, 0.3) is 0 Å². The molecule has 2 aromatic carbocycles. The highest BCUT2D eigenvalue weighted by atomic mass is 32.2. The van der Waals surface area contributed by atoms with Gasteiger partial charge in [0.15, 0.2) is 0 Å². The number of nitrogens with zero attached hydrogens (tertiary/aromatic N) is 2. The quantitative estimate of drug-likeness (QED) is 0.611. The highest BCUT2D eigenvalue weighted by Crippen LogP contribution is 2.22. The maximum absolute atomic E-state index is 12.6. The summed E-state index contributed by atoms with van der Waals surface area (Å²) in [5.41, 5.74) is 2.71. The second kappa shape index (κ2) is 9.80. The van der Waals surface area contributed by atoms with E-state index in [-0.39, 0.29) is 4.90 Å². The van der Waals surface area contributed by atoms with Gasteiger partial charge in [-0.05, 0) is 61.4 Å². The van der Waals surface area contributed by atoms with Crippen molar-refractivity contribution < 1.29 is 21.6 Å². The number of hydrogen-bond donors (Lipinski definition) is 1. The Morgan fingerprint density at radius 3 is 1.97 bits per heavy atom. The average Bonchev–Trinajstić information content (AvgIpc) is 2.68. The van der Waals surface area contributed by atoms with Gasteiger partial charge in [-0.25, -0.2) is 16.8 Å². The van der Waals surface area contributed by atoms with Crippen molar-refractivity contribution in [2.24, 2.45) is 0 Å². The van der Waals surface area contributed by atoms with Crippen LogP contribution in [0.1, 0.15) is 25.0 Å². The maximum atomic E-state index is 12.6. The second-order valence-corrected chi connectivity index (χ2v) is 11.0. The summed E-state index contributed by atoms with van der Waals surface area (Å²) in [5, 5.41) is 2.62. The molecule has 0 fully saturated rings. The first-order chi connectivity index (χ1) is 14.4. The average molecular weight is 468 g/mol. The van der Waals surface area contributed by atoms with Gasteiger partial charge in [0.05, 0.1) is 16.8 Å². The first-order valence-electron chi connectivity index (χ1n) is 9.85. The van der Waals surface area contributed by atoms with Gasteiger partial charge in [0, 0.05) is 18.8 Å². The highest BCUT2D eigenvalue weighted by molar-refractivity contribution is 7.92. The van der Waals surface area contributed by atoms with Crippen molar-refractivity contribution in [3.8, 4) is 0 Å². The lowest BCUT2D eigenvalue weighted by molar-refractivity contribution is -0.114. The molecule has 31 heavy (non-hydrogen) atoms. The van der Waals surface area contributed by atoms with Gasteiger partial charge in [-0.15, -0.1) is 0 Å². The predicted molar refractivity (Wildman–Crippen MR) is 123 cm³/mol. The van der Waals surface area contributed by atoms with Crippen molar-refractivity contribution in [2.45, 2.75) is 32.6 Å². The van der Waals surface area contributed by atoms with Gasteiger partial charge in [-0.1, -0.05) is 19.9 Å². The maximum Gasteiger partial charge on any atom is 0.245 e. The molecule has 2 rings (SSSR count). The van der Waals surface area contributed by atoms with Crippen LogP contribution in [0.15, 0.2) is 47.4 Å². The molecule has 2 aromatic rings. The Hall–Kier alpha value is -2.43. The van der Waals surface area contributed by atoms with Crippen LogP contribution in [-0.4, -0.2) is 52.9 Å². The van der Waals surface area contributed by atoms with Crippen molar-refractivity contribution in [3.63, 3.8) is 0 Å². The minimum absolute atomic E-state index is 0.127. The van der Waals surface area contributed by atoms with Crippen LogP contribution in [0, 0.1) is 13.8 Å². The molecule has 0 atom stereocenters. The standard InChI is InChI=1S/C21H29N3O5S2/c1-6-23(7-2)31(28,29)20-12-9-18(10-13-20)22-21(25)15-24(30(5,26)27)19-11-8-16(3)17(4)14-19/h8-14H,6-7,15H2,1-5H3,(H,22,25). The number of rotatable bonds is 9. The molecule has 0 aliphatic carbocycles. The largest absolute Gasteiger partial charge is 0.325 e. The van der Waals surface area contributed by atoms with E-state index in [2.05, 4.69) is 5.32 Å². The summed E-state index contributed by atoms with van der Waals surface area (Å²) < 4.78 is 52.0. The molecule has 0 unspecified atom stereocenters. The molecule has 0 bridgehead atoms. The zero-order valence-electron chi connectivity index (χ0n) is 18.4. The van der Waals surface area contributed by atoms with Crippen molar-refractivity contribution >= 4 is 37.3 Å². The first kappa shape index (κ1) is 24.8. The number of aryl methyl sites for hydroxylation is 2. The van der Waals surface area contributed by atoms with Crippen LogP contribution < -0.4 is 9.62 Å². The first-order valence-corrected chi connectivity index (χ1v) is 13.1. The lowest BCUT2D eigenvalue weighted by atomic mass is 10.1. The number of anilines is 2. The molecule has 170 valence electrons.